The van der Waals surface area contributed by atoms with Crippen LogP contribution in [-0.4, -0.2) is 19.6 Å². The van der Waals surface area contributed by atoms with Crippen molar-refractivity contribution in [2.75, 3.05) is 5.73 Å². The van der Waals surface area contributed by atoms with E-state index < -0.39 is 0 Å². The maximum Gasteiger partial charge on any atom is 0.154 e. The zero-order valence-corrected chi connectivity index (χ0v) is 19.4. The summed E-state index contributed by atoms with van der Waals surface area (Å²) in [6.45, 7) is 13.9. The number of nitrogens with two attached hydrogens (primary N) is 1. The summed E-state index contributed by atoms with van der Waals surface area (Å²) in [5.41, 5.74) is 12.0. The molecule has 0 aliphatic rings. The molecule has 0 radical (unpaired) electrons. The number of nitrogens with zero attached hydrogens (tertiary/aromatic N) is 5. The highest BCUT2D eigenvalue weighted by Gasteiger charge is 2.29. The fraction of sp³-hybridized carbons (Fsp3) is 0.400. The molecule has 0 atom stereocenters. The van der Waals surface area contributed by atoms with Crippen LogP contribution in [0.15, 0.2) is 30.3 Å². The van der Waals surface area contributed by atoms with Crippen LogP contribution in [-0.2, 0) is 24.4 Å². The van der Waals surface area contributed by atoms with Gasteiger partial charge in [0.15, 0.2) is 5.82 Å². The molecule has 0 aliphatic heterocycles. The van der Waals surface area contributed by atoms with E-state index in [1.165, 1.54) is 10.9 Å². The number of anilines is 1. The number of fused-ring (bicyclic) bond motifs is 2. The van der Waals surface area contributed by atoms with Crippen molar-refractivity contribution in [3.63, 3.8) is 0 Å². The Kier molecular flexibility index (Phi) is 4.62. The third-order valence-electron chi connectivity index (χ3n) is 6.17. The van der Waals surface area contributed by atoms with Crippen molar-refractivity contribution in [2.24, 2.45) is 7.05 Å². The number of nitriles is 1. The van der Waals surface area contributed by atoms with Crippen molar-refractivity contribution in [1.29, 1.82) is 5.26 Å². The smallest absolute Gasteiger partial charge is 0.154 e. The highest BCUT2D eigenvalue weighted by molar-refractivity contribution is 5.96. The maximum absolute atomic E-state index is 9.55. The van der Waals surface area contributed by atoms with Gasteiger partial charge in [-0.3, -0.25) is 9.36 Å². The molecule has 0 saturated carbocycles. The Morgan fingerprint density at radius 1 is 1.00 bits per heavy atom. The second kappa shape index (κ2) is 6.84. The van der Waals surface area contributed by atoms with E-state index in [4.69, 9.17) is 10.8 Å². The first-order valence-electron chi connectivity index (χ1n) is 10.6. The molecule has 4 aromatic rings. The second-order valence-corrected chi connectivity index (χ2v) is 10.1. The highest BCUT2D eigenvalue weighted by atomic mass is 15.3. The van der Waals surface area contributed by atoms with E-state index in [0.717, 1.165) is 27.7 Å². The normalized spacial score (nSPS) is 12.6. The molecule has 4 rings (SSSR count). The Morgan fingerprint density at radius 2 is 1.71 bits per heavy atom. The summed E-state index contributed by atoms with van der Waals surface area (Å²) in [5, 5.41) is 20.8. The number of benzene rings is 2. The van der Waals surface area contributed by atoms with Crippen LogP contribution in [0.25, 0.3) is 21.8 Å². The molecular weight excluding hydrogens is 384 g/mol. The van der Waals surface area contributed by atoms with Crippen LogP contribution in [0.3, 0.4) is 0 Å². The van der Waals surface area contributed by atoms with Gasteiger partial charge in [0.05, 0.1) is 40.3 Å². The van der Waals surface area contributed by atoms with Gasteiger partial charge in [0.25, 0.3) is 0 Å². The monoisotopic (exact) mass is 414 g/mol. The van der Waals surface area contributed by atoms with Crippen LogP contribution in [0.4, 0.5) is 5.82 Å². The molecule has 2 aromatic carbocycles. The van der Waals surface area contributed by atoms with Crippen LogP contribution in [0.1, 0.15) is 57.0 Å². The molecule has 0 bridgehead atoms. The van der Waals surface area contributed by atoms with Crippen molar-refractivity contribution in [3.05, 3.63) is 52.7 Å². The van der Waals surface area contributed by atoms with Crippen LogP contribution in [0.5, 0.6) is 0 Å². The standard InChI is InChI=1S/C25H30N6/c1-15-20-17(24(2,3)4)9-8-10-19(20)31(28-15)14-25(5,6)18-12-11-16(13-26)21-22(18)30(7)29-23(21)27/h8-12H,14H2,1-7H3,(H2,27,29). The summed E-state index contributed by atoms with van der Waals surface area (Å²) in [5.74, 6) is 0.391. The molecule has 0 saturated heterocycles. The Hall–Kier alpha value is -3.33. The molecule has 2 N–H and O–H groups in total. The van der Waals surface area contributed by atoms with Gasteiger partial charge in [0, 0.05) is 17.8 Å². The minimum absolute atomic E-state index is 0.0409. The van der Waals surface area contributed by atoms with E-state index in [1.54, 1.807) is 4.68 Å². The summed E-state index contributed by atoms with van der Waals surface area (Å²) >= 11 is 0. The second-order valence-electron chi connectivity index (χ2n) is 10.1. The third kappa shape index (κ3) is 3.25. The number of hydrogen-bond acceptors (Lipinski definition) is 4. The molecule has 0 aliphatic carbocycles. The zero-order valence-electron chi connectivity index (χ0n) is 19.4. The first kappa shape index (κ1) is 20.9. The number of aryl methyl sites for hydroxylation is 2. The molecular formula is C25H30N6. The first-order chi connectivity index (χ1) is 14.5. The average molecular weight is 415 g/mol. The molecule has 0 unspecified atom stereocenters. The Bertz CT molecular complexity index is 1360. The predicted molar refractivity (Wildman–Crippen MR) is 126 cm³/mol. The van der Waals surface area contributed by atoms with Gasteiger partial charge in [-0.2, -0.15) is 15.5 Å². The van der Waals surface area contributed by atoms with Crippen LogP contribution in [0, 0.1) is 18.3 Å². The molecule has 31 heavy (non-hydrogen) atoms. The van der Waals surface area contributed by atoms with Gasteiger partial charge in [-0.1, -0.05) is 52.8 Å². The largest absolute Gasteiger partial charge is 0.382 e. The molecule has 2 heterocycles. The Morgan fingerprint density at radius 3 is 2.35 bits per heavy atom. The molecule has 6 nitrogen and oxygen atoms in total. The van der Waals surface area contributed by atoms with Crippen molar-refractivity contribution in [1.82, 2.24) is 19.6 Å². The number of rotatable bonds is 3. The highest BCUT2D eigenvalue weighted by Crippen LogP contribution is 2.37. The molecule has 6 heteroatoms. The number of nitrogen functional groups attached to an aromatic ring is 1. The van der Waals surface area contributed by atoms with Crippen molar-refractivity contribution in [2.45, 2.75) is 58.9 Å². The number of aromatic nitrogens is 4. The van der Waals surface area contributed by atoms with E-state index in [2.05, 4.69) is 75.6 Å². The lowest BCUT2D eigenvalue weighted by Crippen LogP contribution is -2.26. The fourth-order valence-electron chi connectivity index (χ4n) is 4.71. The third-order valence-corrected chi connectivity index (χ3v) is 6.17. The quantitative estimate of drug-likeness (QED) is 0.513. The summed E-state index contributed by atoms with van der Waals surface area (Å²) in [6.07, 6.45) is 0. The summed E-state index contributed by atoms with van der Waals surface area (Å²) in [6, 6.07) is 12.6. The van der Waals surface area contributed by atoms with Crippen LogP contribution >= 0.6 is 0 Å². The molecule has 0 amide bonds. The van der Waals surface area contributed by atoms with Gasteiger partial charge in [-0.15, -0.1) is 0 Å². The minimum atomic E-state index is -0.268. The molecule has 0 spiro atoms. The van der Waals surface area contributed by atoms with Gasteiger partial charge in [0.2, 0.25) is 0 Å². The summed E-state index contributed by atoms with van der Waals surface area (Å²) in [4.78, 5) is 0. The van der Waals surface area contributed by atoms with Gasteiger partial charge in [-0.05, 0) is 35.6 Å². The van der Waals surface area contributed by atoms with Crippen molar-refractivity contribution < 1.29 is 0 Å². The van der Waals surface area contributed by atoms with E-state index in [9.17, 15) is 5.26 Å². The maximum atomic E-state index is 9.55. The van der Waals surface area contributed by atoms with Gasteiger partial charge >= 0.3 is 0 Å². The average Bonchev–Trinajstić information content (AvgIpc) is 3.16. The minimum Gasteiger partial charge on any atom is -0.382 e. The van der Waals surface area contributed by atoms with Crippen LogP contribution in [0.2, 0.25) is 0 Å². The molecule has 2 aromatic heterocycles. The predicted octanol–water partition coefficient (Wildman–Crippen LogP) is 4.96. The number of hydrogen-bond donors (Lipinski definition) is 1. The van der Waals surface area contributed by atoms with Crippen molar-refractivity contribution in [3.8, 4) is 6.07 Å². The fourth-order valence-corrected chi connectivity index (χ4v) is 4.71. The lowest BCUT2D eigenvalue weighted by Gasteiger charge is -2.27. The summed E-state index contributed by atoms with van der Waals surface area (Å²) in [7, 11) is 1.88. The Labute approximate surface area is 183 Å². The first-order valence-corrected chi connectivity index (χ1v) is 10.6. The van der Waals surface area contributed by atoms with Gasteiger partial charge < -0.3 is 5.73 Å². The lowest BCUT2D eigenvalue weighted by atomic mass is 9.82. The van der Waals surface area contributed by atoms with Gasteiger partial charge in [0.1, 0.15) is 0 Å². The lowest BCUT2D eigenvalue weighted by molar-refractivity contribution is 0.417. The SMILES string of the molecule is Cc1nn(CC(C)(C)c2ccc(C#N)c3c(N)nn(C)c23)c2cccc(C(C)(C)C)c12. The topological polar surface area (TPSA) is 85.4 Å². The van der Waals surface area contributed by atoms with E-state index in [-0.39, 0.29) is 10.8 Å². The zero-order chi connectivity index (χ0) is 22.7. The summed E-state index contributed by atoms with van der Waals surface area (Å²) < 4.78 is 3.90. The van der Waals surface area contributed by atoms with Gasteiger partial charge in [-0.25, -0.2) is 0 Å². The van der Waals surface area contributed by atoms with E-state index >= 15 is 0 Å². The molecule has 0 fully saturated rings. The van der Waals surface area contributed by atoms with Crippen LogP contribution < -0.4 is 5.73 Å². The van der Waals surface area contributed by atoms with E-state index in [0.29, 0.717) is 17.9 Å². The Balaban J connectivity index is 1.88. The van der Waals surface area contributed by atoms with E-state index in [1.807, 2.05) is 19.2 Å². The van der Waals surface area contributed by atoms with Crippen molar-refractivity contribution >= 4 is 27.6 Å². The molecule has 160 valence electrons.